The topological polar surface area (TPSA) is 117 Å². The molecule has 0 spiro atoms. The van der Waals surface area contributed by atoms with Gasteiger partial charge in [0.25, 0.3) is 11.8 Å². The summed E-state index contributed by atoms with van der Waals surface area (Å²) in [6.45, 7) is 0.757. The number of hydrogen-bond acceptors (Lipinski definition) is 9. The molecule has 45 heavy (non-hydrogen) atoms. The summed E-state index contributed by atoms with van der Waals surface area (Å²) < 4.78 is 45.4. The molecule has 0 fully saturated rings. The Bertz CT molecular complexity index is 1770. The zero-order valence-electron chi connectivity index (χ0n) is 25.0. The molecule has 1 aliphatic rings. The predicted octanol–water partition coefficient (Wildman–Crippen LogP) is 4.33. The number of aromatic nitrogens is 1. The van der Waals surface area contributed by atoms with Crippen LogP contribution in [-0.4, -0.2) is 79.5 Å². The number of carbonyl (C=O) groups is 2. The summed E-state index contributed by atoms with van der Waals surface area (Å²) in [6.07, 6.45) is 1.33. The van der Waals surface area contributed by atoms with Gasteiger partial charge >= 0.3 is 0 Å². The number of aliphatic hydroxyl groups excluding tert-OH is 1. The highest BCUT2D eigenvalue weighted by atomic mass is 19.1. The van der Waals surface area contributed by atoms with Gasteiger partial charge in [0.05, 0.1) is 19.7 Å². The van der Waals surface area contributed by atoms with Crippen molar-refractivity contribution in [2.24, 2.45) is 0 Å². The molecule has 13 heteroatoms. The second kappa shape index (κ2) is 13.2. The molecule has 0 aliphatic carbocycles. The van der Waals surface area contributed by atoms with Gasteiger partial charge < -0.3 is 34.4 Å². The van der Waals surface area contributed by atoms with Crippen LogP contribution in [0.25, 0.3) is 10.9 Å². The van der Waals surface area contributed by atoms with Crippen molar-refractivity contribution < 1.29 is 37.7 Å². The van der Waals surface area contributed by atoms with Gasteiger partial charge in [-0.1, -0.05) is 0 Å². The van der Waals surface area contributed by atoms with Gasteiger partial charge in [0.15, 0.2) is 23.1 Å². The lowest BCUT2D eigenvalue weighted by atomic mass is 10.1. The van der Waals surface area contributed by atoms with Crippen molar-refractivity contribution in [2.75, 3.05) is 51.6 Å². The van der Waals surface area contributed by atoms with Crippen molar-refractivity contribution in [2.45, 2.75) is 6.35 Å². The van der Waals surface area contributed by atoms with Crippen molar-refractivity contribution in [1.29, 1.82) is 0 Å². The molecule has 0 bridgehead atoms. The van der Waals surface area contributed by atoms with E-state index in [9.17, 15) is 19.1 Å². The van der Waals surface area contributed by atoms with E-state index in [-0.39, 0.29) is 29.2 Å². The quantitative estimate of drug-likeness (QED) is 0.250. The van der Waals surface area contributed by atoms with E-state index in [0.29, 0.717) is 34.7 Å². The Hall–Kier alpha value is -5.27. The summed E-state index contributed by atoms with van der Waals surface area (Å²) in [6, 6.07) is 13.7. The van der Waals surface area contributed by atoms with E-state index in [4.69, 9.17) is 14.2 Å². The average Bonchev–Trinajstić information content (AvgIpc) is 3.02. The molecule has 0 saturated heterocycles. The first kappa shape index (κ1) is 31.2. The zero-order valence-corrected chi connectivity index (χ0v) is 25.0. The highest BCUT2D eigenvalue weighted by Crippen LogP contribution is 2.37. The molecular formula is C32H31F2N5O6. The van der Waals surface area contributed by atoms with Crippen LogP contribution in [0, 0.1) is 11.6 Å². The lowest BCUT2D eigenvalue weighted by Crippen LogP contribution is -2.56. The minimum absolute atomic E-state index is 0.0591. The largest absolute Gasteiger partial charge is 0.493 e. The molecule has 5 rings (SSSR count). The van der Waals surface area contributed by atoms with Gasteiger partial charge in [-0.2, -0.15) is 0 Å². The van der Waals surface area contributed by atoms with Crippen molar-refractivity contribution >= 4 is 34.1 Å². The van der Waals surface area contributed by atoms with Gasteiger partial charge in [0.1, 0.15) is 17.1 Å². The van der Waals surface area contributed by atoms with E-state index < -0.39 is 29.8 Å². The number of pyridine rings is 1. The van der Waals surface area contributed by atoms with E-state index in [1.54, 1.807) is 18.2 Å². The third-order valence-electron chi connectivity index (χ3n) is 7.04. The molecule has 4 aromatic rings. The lowest BCUT2D eigenvalue weighted by molar-refractivity contribution is -0.124. The van der Waals surface area contributed by atoms with Crippen LogP contribution in [-0.2, 0) is 9.59 Å². The first-order chi connectivity index (χ1) is 21.6. The monoisotopic (exact) mass is 619 g/mol. The first-order valence-electron chi connectivity index (χ1n) is 13.8. The van der Waals surface area contributed by atoms with Crippen LogP contribution in [0.5, 0.6) is 23.0 Å². The van der Waals surface area contributed by atoms with Crippen LogP contribution in [0.2, 0.25) is 0 Å². The number of fused-ring (bicyclic) bond motifs is 1. The van der Waals surface area contributed by atoms with E-state index in [2.05, 4.69) is 10.3 Å². The number of ether oxygens (including phenoxy) is 3. The van der Waals surface area contributed by atoms with Crippen LogP contribution < -0.4 is 24.4 Å². The molecule has 1 unspecified atom stereocenters. The molecule has 2 N–H and O–H groups in total. The summed E-state index contributed by atoms with van der Waals surface area (Å²) in [5.41, 5.74) is 0.481. The Morgan fingerprint density at radius 2 is 1.69 bits per heavy atom. The Morgan fingerprint density at radius 1 is 0.978 bits per heavy atom. The maximum absolute atomic E-state index is 15.3. The molecule has 234 valence electrons. The van der Waals surface area contributed by atoms with Gasteiger partial charge in [-0.15, -0.1) is 0 Å². The number of carbonyl (C=O) groups excluding carboxylic acids is 2. The van der Waals surface area contributed by atoms with E-state index in [0.717, 1.165) is 23.1 Å². The molecule has 0 radical (unpaired) electrons. The summed E-state index contributed by atoms with van der Waals surface area (Å²) in [5, 5.41) is 14.1. The number of nitrogens with one attached hydrogen (secondary N) is 1. The van der Waals surface area contributed by atoms with Gasteiger partial charge in [-0.05, 0) is 62.6 Å². The van der Waals surface area contributed by atoms with E-state index in [1.165, 1.54) is 55.8 Å². The van der Waals surface area contributed by atoms with Gasteiger partial charge in [-0.3, -0.25) is 19.5 Å². The van der Waals surface area contributed by atoms with Crippen molar-refractivity contribution in [3.8, 4) is 23.0 Å². The molecule has 11 nitrogen and oxygen atoms in total. The molecule has 1 aromatic heterocycles. The van der Waals surface area contributed by atoms with E-state index in [1.807, 2.05) is 19.0 Å². The fourth-order valence-electron chi connectivity index (χ4n) is 4.69. The highest BCUT2D eigenvalue weighted by molar-refractivity contribution is 6.27. The molecule has 2 heterocycles. The van der Waals surface area contributed by atoms with Gasteiger partial charge in [-0.25, -0.2) is 8.78 Å². The number of rotatable bonds is 10. The van der Waals surface area contributed by atoms with Crippen molar-refractivity contribution in [1.82, 2.24) is 14.8 Å². The minimum atomic E-state index is -1.45. The maximum atomic E-state index is 15.3. The number of methoxy groups -OCH3 is 2. The predicted molar refractivity (Wildman–Crippen MR) is 163 cm³/mol. The fourth-order valence-corrected chi connectivity index (χ4v) is 4.69. The molecular weight excluding hydrogens is 588 g/mol. The second-order valence-corrected chi connectivity index (χ2v) is 10.3. The Labute approximate surface area is 257 Å². The van der Waals surface area contributed by atoms with Gasteiger partial charge in [0.2, 0.25) is 6.35 Å². The highest BCUT2D eigenvalue weighted by Gasteiger charge is 2.37. The number of nitrogens with zero attached hydrogens (tertiary/aromatic N) is 4. The van der Waals surface area contributed by atoms with Crippen molar-refractivity contribution in [3.05, 3.63) is 90.3 Å². The molecule has 1 aliphatic heterocycles. The second-order valence-electron chi connectivity index (χ2n) is 10.3. The number of halogens is 2. The number of benzene rings is 3. The molecule has 0 saturated carbocycles. The number of hydrogen-bond donors (Lipinski definition) is 2. The third kappa shape index (κ3) is 6.64. The number of aliphatic hydroxyl groups is 1. The van der Waals surface area contributed by atoms with Crippen LogP contribution in [0.15, 0.2) is 78.6 Å². The van der Waals surface area contributed by atoms with Crippen LogP contribution >= 0.6 is 0 Å². The van der Waals surface area contributed by atoms with Crippen LogP contribution in [0.4, 0.5) is 20.2 Å². The average molecular weight is 620 g/mol. The summed E-state index contributed by atoms with van der Waals surface area (Å²) in [7, 11) is 6.67. The standard InChI is InChI=1S/C32H31F2N5O6/c1-37(2)13-14-38-18-23(31(41)39(32(38)42)21-8-5-19(33)6-9-21)30(40)36-20-7-10-27(24(34)15-20)45-26-11-12-35-25-17-29(44-4)28(43-3)16-22(25)26/h5-12,15-18,32,42H,13-14H2,1-4H3,(H,36,40). The fraction of sp³-hybridized carbons (Fsp3) is 0.219. The first-order valence-corrected chi connectivity index (χ1v) is 13.8. The summed E-state index contributed by atoms with van der Waals surface area (Å²) >= 11 is 0. The SMILES string of the molecule is COc1cc2nccc(Oc3ccc(NC(=O)C4=CN(CCN(C)C)C(O)N(c5ccc(F)cc5)C4=O)cc3F)c2cc1OC. The molecule has 1 atom stereocenters. The van der Waals surface area contributed by atoms with Crippen molar-refractivity contribution in [3.63, 3.8) is 0 Å². The smallest absolute Gasteiger partial charge is 0.268 e. The molecule has 2 amide bonds. The van der Waals surface area contributed by atoms with Crippen LogP contribution in [0.3, 0.4) is 0 Å². The lowest BCUT2D eigenvalue weighted by Gasteiger charge is -2.40. The normalized spacial score (nSPS) is 14.9. The maximum Gasteiger partial charge on any atom is 0.268 e. The third-order valence-corrected chi connectivity index (χ3v) is 7.04. The minimum Gasteiger partial charge on any atom is -0.493 e. The summed E-state index contributed by atoms with van der Waals surface area (Å²) in [4.78, 5) is 35.4. The van der Waals surface area contributed by atoms with Gasteiger partial charge in [0, 0.05) is 54.4 Å². The Morgan fingerprint density at radius 3 is 2.36 bits per heavy atom. The Kier molecular flexibility index (Phi) is 9.11. The number of likely N-dealkylation sites (N-methyl/N-ethyl adjacent to an activating group) is 1. The van der Waals surface area contributed by atoms with Crippen LogP contribution in [0.1, 0.15) is 0 Å². The Balaban J connectivity index is 1.39. The zero-order chi connectivity index (χ0) is 32.2. The van der Waals surface area contributed by atoms with E-state index >= 15 is 4.39 Å². The molecule has 3 aromatic carbocycles. The summed E-state index contributed by atoms with van der Waals surface area (Å²) in [5.74, 6) is -1.84. The number of amides is 2. The number of anilines is 2.